The summed E-state index contributed by atoms with van der Waals surface area (Å²) < 4.78 is 0. The summed E-state index contributed by atoms with van der Waals surface area (Å²) in [4.78, 5) is 2.65. The Hall–Kier alpha value is -0.0800. The molecule has 0 aromatic heterocycles. The van der Waals surface area contributed by atoms with Crippen molar-refractivity contribution in [1.82, 2.24) is 10.2 Å². The first-order valence-corrected chi connectivity index (χ1v) is 8.34. The summed E-state index contributed by atoms with van der Waals surface area (Å²) in [6.45, 7) is 7.50. The third-order valence-electron chi connectivity index (χ3n) is 4.82. The first-order chi connectivity index (χ1) is 8.88. The van der Waals surface area contributed by atoms with Gasteiger partial charge in [-0.25, -0.2) is 0 Å². The number of likely N-dealkylation sites (tertiary alicyclic amines) is 1. The molecule has 2 rings (SSSR count). The Kier molecular flexibility index (Phi) is 6.50. The van der Waals surface area contributed by atoms with E-state index in [9.17, 15) is 0 Å². The van der Waals surface area contributed by atoms with Gasteiger partial charge in [-0.3, -0.25) is 0 Å². The molecule has 2 heteroatoms. The average molecular weight is 252 g/mol. The molecule has 1 aliphatic heterocycles. The maximum atomic E-state index is 3.82. The molecule has 1 atom stereocenters. The van der Waals surface area contributed by atoms with E-state index in [2.05, 4.69) is 17.1 Å². The minimum absolute atomic E-state index is 0.799. The van der Waals surface area contributed by atoms with E-state index < -0.39 is 0 Å². The van der Waals surface area contributed by atoms with Crippen LogP contribution in [-0.2, 0) is 0 Å². The van der Waals surface area contributed by atoms with Gasteiger partial charge in [0.15, 0.2) is 0 Å². The van der Waals surface area contributed by atoms with Gasteiger partial charge in [0.25, 0.3) is 0 Å². The molecular formula is C16H32N2. The highest BCUT2D eigenvalue weighted by Crippen LogP contribution is 2.27. The van der Waals surface area contributed by atoms with Crippen LogP contribution in [0.25, 0.3) is 0 Å². The quantitative estimate of drug-likeness (QED) is 0.779. The fourth-order valence-electron chi connectivity index (χ4n) is 3.69. The van der Waals surface area contributed by atoms with E-state index in [0.717, 1.165) is 12.0 Å². The zero-order chi connectivity index (χ0) is 12.6. The summed E-state index contributed by atoms with van der Waals surface area (Å²) in [5.41, 5.74) is 0. The summed E-state index contributed by atoms with van der Waals surface area (Å²) in [6, 6.07) is 0.799. The van der Waals surface area contributed by atoms with E-state index >= 15 is 0 Å². The highest BCUT2D eigenvalue weighted by molar-refractivity contribution is 4.76. The Balaban J connectivity index is 1.58. The Morgan fingerprint density at radius 1 is 1.00 bits per heavy atom. The van der Waals surface area contributed by atoms with Gasteiger partial charge in [-0.1, -0.05) is 32.6 Å². The van der Waals surface area contributed by atoms with Gasteiger partial charge in [-0.15, -0.1) is 0 Å². The van der Waals surface area contributed by atoms with Crippen molar-refractivity contribution in [2.45, 2.75) is 70.8 Å². The second-order valence-electron chi connectivity index (χ2n) is 6.36. The fourth-order valence-corrected chi connectivity index (χ4v) is 3.69. The van der Waals surface area contributed by atoms with Crippen molar-refractivity contribution in [2.75, 3.05) is 26.2 Å². The molecule has 2 aliphatic rings. The second-order valence-corrected chi connectivity index (χ2v) is 6.36. The summed E-state index contributed by atoms with van der Waals surface area (Å²) in [6.07, 6.45) is 12.8. The maximum absolute atomic E-state index is 3.82. The molecule has 0 bridgehead atoms. The molecule has 18 heavy (non-hydrogen) atoms. The Bertz CT molecular complexity index is 211. The smallest absolute Gasteiger partial charge is 0.00797 e. The van der Waals surface area contributed by atoms with Gasteiger partial charge in [0.1, 0.15) is 0 Å². The summed E-state index contributed by atoms with van der Waals surface area (Å²) >= 11 is 0. The highest BCUT2D eigenvalue weighted by atomic mass is 15.1. The van der Waals surface area contributed by atoms with Crippen LogP contribution in [0.4, 0.5) is 0 Å². The molecule has 0 spiro atoms. The second kappa shape index (κ2) is 8.16. The zero-order valence-electron chi connectivity index (χ0n) is 12.3. The molecule has 1 saturated carbocycles. The lowest BCUT2D eigenvalue weighted by atomic mass is 10.0. The Morgan fingerprint density at radius 3 is 2.61 bits per heavy atom. The summed E-state index contributed by atoms with van der Waals surface area (Å²) in [5.74, 6) is 1.04. The largest absolute Gasteiger partial charge is 0.314 e. The molecule has 2 nitrogen and oxygen atoms in total. The molecule has 0 aromatic rings. The first-order valence-electron chi connectivity index (χ1n) is 8.34. The molecule has 1 heterocycles. The van der Waals surface area contributed by atoms with E-state index in [1.165, 1.54) is 84.0 Å². The minimum atomic E-state index is 0.799. The lowest BCUT2D eigenvalue weighted by Crippen LogP contribution is -2.32. The standard InChI is InChI=1S/C16H32N2/c1-2-12-18-13-5-8-16(10-14-18)17-11-9-15-6-3-4-7-15/h15-17H,2-14H2,1H3. The van der Waals surface area contributed by atoms with Crippen molar-refractivity contribution in [1.29, 1.82) is 0 Å². The summed E-state index contributed by atoms with van der Waals surface area (Å²) in [5, 5.41) is 3.82. The van der Waals surface area contributed by atoms with E-state index in [1.807, 2.05) is 0 Å². The topological polar surface area (TPSA) is 15.3 Å². The van der Waals surface area contributed by atoms with Crippen molar-refractivity contribution in [3.05, 3.63) is 0 Å². The van der Waals surface area contributed by atoms with Crippen molar-refractivity contribution < 1.29 is 0 Å². The lowest BCUT2D eigenvalue weighted by Gasteiger charge is -2.20. The molecule has 2 fully saturated rings. The molecule has 106 valence electrons. The van der Waals surface area contributed by atoms with Gasteiger partial charge in [0, 0.05) is 6.04 Å². The third-order valence-corrected chi connectivity index (χ3v) is 4.82. The molecule has 1 unspecified atom stereocenters. The Morgan fingerprint density at radius 2 is 1.83 bits per heavy atom. The van der Waals surface area contributed by atoms with Crippen molar-refractivity contribution in [2.24, 2.45) is 5.92 Å². The monoisotopic (exact) mass is 252 g/mol. The van der Waals surface area contributed by atoms with Crippen LogP contribution in [0.2, 0.25) is 0 Å². The van der Waals surface area contributed by atoms with Gasteiger partial charge in [-0.2, -0.15) is 0 Å². The van der Waals surface area contributed by atoms with Gasteiger partial charge in [-0.05, 0) is 64.2 Å². The van der Waals surface area contributed by atoms with Gasteiger partial charge in [0.2, 0.25) is 0 Å². The SMILES string of the molecule is CCCN1CCCC(NCCC2CCCC2)CC1. The Labute approximate surface area is 114 Å². The van der Waals surface area contributed by atoms with E-state index in [-0.39, 0.29) is 0 Å². The molecule has 0 amide bonds. The predicted molar refractivity (Wildman–Crippen MR) is 78.9 cm³/mol. The fraction of sp³-hybridized carbons (Fsp3) is 1.00. The van der Waals surface area contributed by atoms with Crippen molar-refractivity contribution >= 4 is 0 Å². The molecule has 1 saturated heterocycles. The van der Waals surface area contributed by atoms with Gasteiger partial charge < -0.3 is 10.2 Å². The number of hydrogen-bond donors (Lipinski definition) is 1. The van der Waals surface area contributed by atoms with E-state index in [0.29, 0.717) is 0 Å². The van der Waals surface area contributed by atoms with Crippen LogP contribution in [0.3, 0.4) is 0 Å². The van der Waals surface area contributed by atoms with Crippen LogP contribution >= 0.6 is 0 Å². The van der Waals surface area contributed by atoms with Gasteiger partial charge >= 0.3 is 0 Å². The van der Waals surface area contributed by atoms with Crippen LogP contribution in [-0.4, -0.2) is 37.1 Å². The van der Waals surface area contributed by atoms with E-state index in [1.54, 1.807) is 0 Å². The van der Waals surface area contributed by atoms with Crippen LogP contribution in [0.1, 0.15) is 64.7 Å². The minimum Gasteiger partial charge on any atom is -0.314 e. The average Bonchev–Trinajstić information content (AvgIpc) is 2.78. The molecule has 0 aromatic carbocycles. The van der Waals surface area contributed by atoms with Crippen LogP contribution < -0.4 is 5.32 Å². The van der Waals surface area contributed by atoms with Crippen molar-refractivity contribution in [3.8, 4) is 0 Å². The molecule has 1 N–H and O–H groups in total. The number of rotatable bonds is 6. The van der Waals surface area contributed by atoms with Crippen LogP contribution in [0.5, 0.6) is 0 Å². The molecule has 1 aliphatic carbocycles. The molecular weight excluding hydrogens is 220 g/mol. The van der Waals surface area contributed by atoms with Crippen molar-refractivity contribution in [3.63, 3.8) is 0 Å². The number of nitrogens with one attached hydrogen (secondary N) is 1. The first kappa shape index (κ1) is 14.3. The lowest BCUT2D eigenvalue weighted by molar-refractivity contribution is 0.282. The number of nitrogens with zero attached hydrogens (tertiary/aromatic N) is 1. The highest BCUT2D eigenvalue weighted by Gasteiger charge is 2.18. The summed E-state index contributed by atoms with van der Waals surface area (Å²) in [7, 11) is 0. The predicted octanol–water partition coefficient (Wildman–Crippen LogP) is 3.42. The molecule has 0 radical (unpaired) electrons. The third kappa shape index (κ3) is 4.89. The normalized spacial score (nSPS) is 27.5. The number of hydrogen-bond acceptors (Lipinski definition) is 2. The zero-order valence-corrected chi connectivity index (χ0v) is 12.3. The van der Waals surface area contributed by atoms with Crippen LogP contribution in [0.15, 0.2) is 0 Å². The van der Waals surface area contributed by atoms with Gasteiger partial charge in [0.05, 0.1) is 0 Å². The maximum Gasteiger partial charge on any atom is 0.00797 e. The van der Waals surface area contributed by atoms with E-state index in [4.69, 9.17) is 0 Å². The van der Waals surface area contributed by atoms with Crippen LogP contribution in [0, 0.1) is 5.92 Å².